The van der Waals surface area contributed by atoms with Crippen molar-refractivity contribution in [1.82, 2.24) is 25.0 Å². The van der Waals surface area contributed by atoms with Crippen molar-refractivity contribution >= 4 is 11.8 Å². The number of hydrogen-bond donors (Lipinski definition) is 1. The van der Waals surface area contributed by atoms with Gasteiger partial charge in [0.2, 0.25) is 17.7 Å². The number of nitrogens with one attached hydrogen (secondary N) is 1. The summed E-state index contributed by atoms with van der Waals surface area (Å²) >= 11 is 0. The minimum atomic E-state index is -0.430. The Labute approximate surface area is 197 Å². The number of carbonyl (C=O) groups is 2. The van der Waals surface area contributed by atoms with Gasteiger partial charge in [-0.05, 0) is 37.8 Å². The van der Waals surface area contributed by atoms with E-state index in [1.165, 1.54) is 0 Å². The molecule has 8 heteroatoms. The van der Waals surface area contributed by atoms with Crippen LogP contribution in [0.5, 0.6) is 5.88 Å². The first-order valence-electron chi connectivity index (χ1n) is 12.1. The first kappa shape index (κ1) is 24.0. The zero-order chi connectivity index (χ0) is 23.8. The molecule has 0 radical (unpaired) electrons. The standard InChI is InChI=1S/C25H39N5O3/c1-24(2,3)17-28(4)19-13-20-22(32)27-25(14-21(31)30(20)16-19)8-11-29(12-9-25)15-18-7-6-10-26-23(18)33-5/h6-7,10,19-20H,8-9,11-17H2,1-5H3,(H,27,32)/t19-,20-/m0/s1. The number of aromatic nitrogens is 1. The van der Waals surface area contributed by atoms with Crippen LogP contribution >= 0.6 is 0 Å². The Hall–Kier alpha value is -2.19. The molecule has 0 bridgehead atoms. The Morgan fingerprint density at radius 3 is 2.67 bits per heavy atom. The van der Waals surface area contributed by atoms with Gasteiger partial charge >= 0.3 is 0 Å². The van der Waals surface area contributed by atoms with Gasteiger partial charge in [-0.2, -0.15) is 0 Å². The molecule has 0 unspecified atom stereocenters. The third-order valence-electron chi connectivity index (χ3n) is 7.38. The van der Waals surface area contributed by atoms with Gasteiger partial charge in [0, 0.05) is 50.5 Å². The SMILES string of the molecule is COc1ncccc1CN1CCC2(CC1)CC(=O)N1C[C@@H](N(C)CC(C)(C)C)C[C@H]1C(=O)N2. The lowest BCUT2D eigenvalue weighted by atomic mass is 9.84. The summed E-state index contributed by atoms with van der Waals surface area (Å²) in [4.78, 5) is 37.4. The number of hydrogen-bond acceptors (Lipinski definition) is 6. The van der Waals surface area contributed by atoms with Crippen LogP contribution in [0.25, 0.3) is 0 Å². The summed E-state index contributed by atoms with van der Waals surface area (Å²) in [7, 11) is 3.75. The van der Waals surface area contributed by atoms with E-state index in [9.17, 15) is 9.59 Å². The van der Waals surface area contributed by atoms with E-state index in [1.54, 1.807) is 13.3 Å². The molecule has 1 aromatic rings. The summed E-state index contributed by atoms with van der Waals surface area (Å²) in [6, 6.07) is 3.85. The highest BCUT2D eigenvalue weighted by molar-refractivity contribution is 5.92. The molecule has 2 amide bonds. The van der Waals surface area contributed by atoms with E-state index in [0.29, 0.717) is 25.3 Å². The molecule has 0 saturated carbocycles. The Balaban J connectivity index is 1.38. The molecule has 2 atom stereocenters. The number of carbonyl (C=O) groups excluding carboxylic acids is 2. The molecule has 182 valence electrons. The van der Waals surface area contributed by atoms with Crippen LogP contribution in [-0.2, 0) is 16.1 Å². The van der Waals surface area contributed by atoms with Gasteiger partial charge < -0.3 is 19.9 Å². The van der Waals surface area contributed by atoms with Crippen LogP contribution in [-0.4, -0.2) is 89.5 Å². The average molecular weight is 458 g/mol. The molecule has 0 aromatic carbocycles. The van der Waals surface area contributed by atoms with Crippen molar-refractivity contribution < 1.29 is 14.3 Å². The second-order valence-corrected chi connectivity index (χ2v) is 11.3. The van der Waals surface area contributed by atoms with Crippen molar-refractivity contribution in [3.05, 3.63) is 23.9 Å². The Bertz CT molecular complexity index is 847. The van der Waals surface area contributed by atoms with Crippen molar-refractivity contribution in [2.45, 2.75) is 70.6 Å². The van der Waals surface area contributed by atoms with E-state index >= 15 is 0 Å². The molecule has 3 aliphatic rings. The molecule has 33 heavy (non-hydrogen) atoms. The second kappa shape index (κ2) is 9.22. The normalized spacial score (nSPS) is 25.8. The van der Waals surface area contributed by atoms with Gasteiger partial charge in [0.05, 0.1) is 19.1 Å². The van der Waals surface area contributed by atoms with E-state index in [4.69, 9.17) is 4.74 Å². The molecule has 1 spiro atoms. The molecule has 4 heterocycles. The summed E-state index contributed by atoms with van der Waals surface area (Å²) in [6.07, 6.45) is 4.40. The molecular formula is C25H39N5O3. The predicted octanol–water partition coefficient (Wildman–Crippen LogP) is 1.89. The van der Waals surface area contributed by atoms with Crippen molar-refractivity contribution in [2.75, 3.05) is 40.3 Å². The van der Waals surface area contributed by atoms with Gasteiger partial charge in [-0.1, -0.05) is 26.8 Å². The number of fused-ring (bicyclic) bond motifs is 1. The fourth-order valence-corrected chi connectivity index (χ4v) is 5.72. The summed E-state index contributed by atoms with van der Waals surface area (Å²) in [5.41, 5.74) is 0.808. The van der Waals surface area contributed by atoms with Crippen LogP contribution in [0.15, 0.2) is 18.3 Å². The number of piperidine rings is 1. The Morgan fingerprint density at radius 2 is 2.00 bits per heavy atom. The van der Waals surface area contributed by atoms with Gasteiger partial charge in [0.25, 0.3) is 0 Å². The number of pyridine rings is 1. The number of ether oxygens (including phenoxy) is 1. The predicted molar refractivity (Wildman–Crippen MR) is 127 cm³/mol. The van der Waals surface area contributed by atoms with Crippen molar-refractivity contribution in [3.63, 3.8) is 0 Å². The van der Waals surface area contributed by atoms with Gasteiger partial charge in [-0.3, -0.25) is 14.5 Å². The van der Waals surface area contributed by atoms with E-state index < -0.39 is 5.54 Å². The maximum atomic E-state index is 13.3. The highest BCUT2D eigenvalue weighted by Gasteiger charge is 2.49. The maximum absolute atomic E-state index is 13.3. The van der Waals surface area contributed by atoms with Gasteiger partial charge in [0.1, 0.15) is 6.04 Å². The number of rotatable bonds is 5. The minimum Gasteiger partial charge on any atom is -0.481 e. The first-order chi connectivity index (χ1) is 15.6. The highest BCUT2D eigenvalue weighted by Crippen LogP contribution is 2.34. The molecule has 3 fully saturated rings. The lowest BCUT2D eigenvalue weighted by molar-refractivity contribution is -0.135. The van der Waals surface area contributed by atoms with Crippen LogP contribution in [0.4, 0.5) is 0 Å². The van der Waals surface area contributed by atoms with Crippen molar-refractivity contribution in [1.29, 1.82) is 0 Å². The van der Waals surface area contributed by atoms with Gasteiger partial charge in [-0.25, -0.2) is 4.98 Å². The van der Waals surface area contributed by atoms with E-state index in [2.05, 4.69) is 47.9 Å². The lowest BCUT2D eigenvalue weighted by Gasteiger charge is -2.41. The maximum Gasteiger partial charge on any atom is 0.243 e. The Morgan fingerprint density at radius 1 is 1.27 bits per heavy atom. The first-order valence-corrected chi connectivity index (χ1v) is 12.1. The molecule has 3 aliphatic heterocycles. The molecule has 1 N–H and O–H groups in total. The third kappa shape index (κ3) is 5.32. The quantitative estimate of drug-likeness (QED) is 0.728. The van der Waals surface area contributed by atoms with Crippen molar-refractivity contribution in [3.8, 4) is 5.88 Å². The van der Waals surface area contributed by atoms with Crippen LogP contribution in [0.3, 0.4) is 0 Å². The van der Waals surface area contributed by atoms with Crippen LogP contribution in [0, 0.1) is 5.41 Å². The van der Waals surface area contributed by atoms with Crippen molar-refractivity contribution in [2.24, 2.45) is 5.41 Å². The summed E-state index contributed by atoms with van der Waals surface area (Å²) in [5.74, 6) is 0.796. The summed E-state index contributed by atoms with van der Waals surface area (Å²) in [6.45, 7) is 10.6. The highest BCUT2D eigenvalue weighted by atomic mass is 16.5. The number of nitrogens with zero attached hydrogens (tertiary/aromatic N) is 4. The lowest BCUT2D eigenvalue weighted by Crippen LogP contribution is -2.56. The van der Waals surface area contributed by atoms with Crippen LogP contribution in [0.1, 0.15) is 52.0 Å². The molecule has 8 nitrogen and oxygen atoms in total. The number of amides is 2. The largest absolute Gasteiger partial charge is 0.481 e. The molecular weight excluding hydrogens is 418 g/mol. The number of likely N-dealkylation sites (tertiary alicyclic amines) is 1. The molecule has 1 aromatic heterocycles. The number of methoxy groups -OCH3 is 1. The topological polar surface area (TPSA) is 78.0 Å². The van der Waals surface area contributed by atoms with Gasteiger partial charge in [-0.15, -0.1) is 0 Å². The van der Waals surface area contributed by atoms with E-state index in [-0.39, 0.29) is 29.3 Å². The third-order valence-corrected chi connectivity index (χ3v) is 7.38. The second-order valence-electron chi connectivity index (χ2n) is 11.3. The van der Waals surface area contributed by atoms with Crippen LogP contribution < -0.4 is 10.1 Å². The summed E-state index contributed by atoms with van der Waals surface area (Å²) < 4.78 is 5.39. The van der Waals surface area contributed by atoms with E-state index in [1.807, 2.05) is 17.0 Å². The van der Waals surface area contributed by atoms with Crippen LogP contribution in [0.2, 0.25) is 0 Å². The minimum absolute atomic E-state index is 0.0230. The molecule has 0 aliphatic carbocycles. The Kier molecular flexibility index (Phi) is 6.69. The summed E-state index contributed by atoms with van der Waals surface area (Å²) in [5, 5.41) is 3.33. The monoisotopic (exact) mass is 457 g/mol. The fraction of sp³-hybridized carbons (Fsp3) is 0.720. The average Bonchev–Trinajstić information content (AvgIpc) is 3.18. The van der Waals surface area contributed by atoms with E-state index in [0.717, 1.165) is 44.6 Å². The molecule has 3 saturated heterocycles. The number of likely N-dealkylation sites (N-methyl/N-ethyl adjacent to an activating group) is 1. The zero-order valence-corrected chi connectivity index (χ0v) is 20.8. The van der Waals surface area contributed by atoms with Gasteiger partial charge in [0.15, 0.2) is 0 Å². The molecule has 4 rings (SSSR count). The zero-order valence-electron chi connectivity index (χ0n) is 20.8. The fourth-order valence-electron chi connectivity index (χ4n) is 5.72. The smallest absolute Gasteiger partial charge is 0.243 e.